The van der Waals surface area contributed by atoms with E-state index in [0.717, 1.165) is 23.1 Å². The van der Waals surface area contributed by atoms with Crippen molar-refractivity contribution in [3.8, 4) is 50.7 Å². The number of pyridine rings is 1. The van der Waals surface area contributed by atoms with Gasteiger partial charge in [-0.1, -0.05) is 18.2 Å². The number of benzene rings is 3. The van der Waals surface area contributed by atoms with Crippen LogP contribution in [0.15, 0.2) is 81.6 Å². The number of nitrogens with two attached hydrogens (primary N) is 2. The number of H-pyrrole nitrogens is 3. The molecule has 18 nitrogen and oxygen atoms in total. The molecular weight excluding hydrogens is 658 g/mol. The summed E-state index contributed by atoms with van der Waals surface area (Å²) in [6, 6.07) is 12.8. The number of aromatic amines is 3. The molecular formula is C26H18FN13O5S2. The van der Waals surface area contributed by atoms with E-state index in [-0.39, 0.29) is 44.5 Å². The number of imidazole rings is 1. The monoisotopic (exact) mass is 675 g/mol. The van der Waals surface area contributed by atoms with Crippen LogP contribution in [-0.4, -0.2) is 72.6 Å². The maximum absolute atomic E-state index is 14.5. The molecule has 0 amide bonds. The molecule has 0 spiro atoms. The van der Waals surface area contributed by atoms with Crippen molar-refractivity contribution in [2.45, 2.75) is 9.79 Å². The summed E-state index contributed by atoms with van der Waals surface area (Å²) in [6.07, 6.45) is 2.20. The molecule has 21 heteroatoms. The zero-order valence-electron chi connectivity index (χ0n) is 23.3. The van der Waals surface area contributed by atoms with Gasteiger partial charge < -0.3 is 9.97 Å². The van der Waals surface area contributed by atoms with E-state index in [9.17, 15) is 26.0 Å². The van der Waals surface area contributed by atoms with Gasteiger partial charge in [0, 0.05) is 17.3 Å². The second-order valence-electron chi connectivity index (χ2n) is 9.97. The number of hydrogen-bond acceptors (Lipinski definition) is 12. The molecule has 0 aliphatic rings. The molecule has 7 aromatic rings. The van der Waals surface area contributed by atoms with E-state index in [1.54, 1.807) is 24.3 Å². The lowest BCUT2D eigenvalue weighted by atomic mass is 9.98. The van der Waals surface area contributed by atoms with Gasteiger partial charge in [0.1, 0.15) is 5.82 Å². The molecule has 3 aromatic carbocycles. The second kappa shape index (κ2) is 10.8. The fourth-order valence-electron chi connectivity index (χ4n) is 5.16. The number of nitrogens with one attached hydrogen (secondary N) is 3. The zero-order chi connectivity index (χ0) is 33.1. The van der Waals surface area contributed by atoms with Crippen molar-refractivity contribution in [2.24, 2.45) is 10.3 Å². The van der Waals surface area contributed by atoms with Gasteiger partial charge in [-0.3, -0.25) is 4.98 Å². The van der Waals surface area contributed by atoms with Crippen LogP contribution in [0.3, 0.4) is 0 Å². The third-order valence-electron chi connectivity index (χ3n) is 7.03. The van der Waals surface area contributed by atoms with Crippen molar-refractivity contribution in [1.29, 1.82) is 0 Å². The normalized spacial score (nSPS) is 12.1. The average Bonchev–Trinajstić information content (AvgIpc) is 3.80. The quantitative estimate of drug-likeness (QED) is 0.157. The molecule has 4 heterocycles. The van der Waals surface area contributed by atoms with Crippen LogP contribution in [0.4, 0.5) is 4.39 Å². The summed E-state index contributed by atoms with van der Waals surface area (Å²) in [5.74, 6) is -1.17. The van der Waals surface area contributed by atoms with Gasteiger partial charge in [0.25, 0.3) is 0 Å². The lowest BCUT2D eigenvalue weighted by molar-refractivity contribution is 0.596. The lowest BCUT2D eigenvalue weighted by Gasteiger charge is -2.15. The zero-order valence-corrected chi connectivity index (χ0v) is 25.0. The Morgan fingerprint density at radius 1 is 0.766 bits per heavy atom. The minimum absolute atomic E-state index is 0.0179. The van der Waals surface area contributed by atoms with E-state index in [1.807, 2.05) is 0 Å². The first-order valence-corrected chi connectivity index (χ1v) is 16.2. The standard InChI is InChI=1S/C26H18FN13O5S2/c27-14-8-13(10-30-11-14)21-18(6-7-20(47(29,44)45)23(21)24-33-37-38-34-24)40-36-25(35-39-40)22-15(2-1-3-19(22)46(28,42)43)12-4-5-16-17(9-12)32-26(41)31-16/h1-11H,(H2,28,42,43)(H2,29,44,45)(H2,31,32,41)(H,33,34,37,38). The van der Waals surface area contributed by atoms with E-state index in [4.69, 9.17) is 10.3 Å². The Morgan fingerprint density at radius 3 is 2.26 bits per heavy atom. The number of tetrazole rings is 2. The first kappa shape index (κ1) is 29.7. The molecule has 0 aliphatic heterocycles. The highest BCUT2D eigenvalue weighted by Crippen LogP contribution is 2.40. The Bertz CT molecular complexity index is 2630. The highest BCUT2D eigenvalue weighted by Gasteiger charge is 2.29. The Labute approximate surface area is 261 Å². The summed E-state index contributed by atoms with van der Waals surface area (Å²) in [4.78, 5) is 21.2. The Morgan fingerprint density at radius 2 is 1.53 bits per heavy atom. The highest BCUT2D eigenvalue weighted by atomic mass is 32.2. The summed E-state index contributed by atoms with van der Waals surface area (Å²) in [6.45, 7) is 0. The summed E-state index contributed by atoms with van der Waals surface area (Å²) in [7, 11) is -8.77. The van der Waals surface area contributed by atoms with Gasteiger partial charge >= 0.3 is 5.69 Å². The van der Waals surface area contributed by atoms with E-state index in [1.165, 1.54) is 24.4 Å². The number of hydrogen-bond donors (Lipinski definition) is 5. The van der Waals surface area contributed by atoms with Crippen molar-refractivity contribution in [2.75, 3.05) is 0 Å². The predicted molar refractivity (Wildman–Crippen MR) is 162 cm³/mol. The highest BCUT2D eigenvalue weighted by molar-refractivity contribution is 7.89. The van der Waals surface area contributed by atoms with E-state index in [2.05, 4.69) is 51.0 Å². The largest absolute Gasteiger partial charge is 0.323 e. The van der Waals surface area contributed by atoms with Gasteiger partial charge in [0.05, 0.1) is 43.8 Å². The van der Waals surface area contributed by atoms with E-state index in [0.29, 0.717) is 22.2 Å². The molecule has 7 N–H and O–H groups in total. The first-order valence-electron chi connectivity index (χ1n) is 13.1. The lowest BCUT2D eigenvalue weighted by Crippen LogP contribution is -2.16. The Kier molecular flexibility index (Phi) is 6.82. The van der Waals surface area contributed by atoms with Crippen LogP contribution in [0.1, 0.15) is 0 Å². The molecule has 7 rings (SSSR count). The molecule has 0 saturated carbocycles. The maximum Gasteiger partial charge on any atom is 0.323 e. The average molecular weight is 676 g/mol. The third-order valence-corrected chi connectivity index (χ3v) is 8.93. The SMILES string of the molecule is NS(=O)(=O)c1cccc(-c2ccc3[nH]c(=O)[nH]c3c2)c1-c1nnn(-c2ccc(S(N)(=O)=O)c(-c3nn[nH]n3)c2-c2cncc(F)c2)n1. The van der Waals surface area contributed by atoms with Crippen molar-refractivity contribution < 1.29 is 21.2 Å². The molecule has 4 aromatic heterocycles. The molecule has 0 bridgehead atoms. The van der Waals surface area contributed by atoms with Crippen LogP contribution < -0.4 is 16.0 Å². The summed E-state index contributed by atoms with van der Waals surface area (Å²) in [5, 5.41) is 37.4. The van der Waals surface area contributed by atoms with E-state index < -0.39 is 36.4 Å². The van der Waals surface area contributed by atoms with Gasteiger partial charge in [0.2, 0.25) is 31.7 Å². The third kappa shape index (κ3) is 5.33. The van der Waals surface area contributed by atoms with Crippen LogP contribution in [0.2, 0.25) is 0 Å². The first-order chi connectivity index (χ1) is 22.4. The van der Waals surface area contributed by atoms with Gasteiger partial charge in [-0.05, 0) is 58.0 Å². The van der Waals surface area contributed by atoms with Crippen LogP contribution in [-0.2, 0) is 20.0 Å². The van der Waals surface area contributed by atoms with Gasteiger partial charge in [0.15, 0.2) is 0 Å². The number of fused-ring (bicyclic) bond motifs is 1. The van der Waals surface area contributed by atoms with E-state index >= 15 is 0 Å². The molecule has 0 fully saturated rings. The predicted octanol–water partition coefficient (Wildman–Crippen LogP) is 0.842. The molecule has 47 heavy (non-hydrogen) atoms. The second-order valence-corrected chi connectivity index (χ2v) is 13.0. The van der Waals surface area contributed by atoms with Crippen LogP contribution in [0.25, 0.3) is 61.8 Å². The van der Waals surface area contributed by atoms with Gasteiger partial charge in [-0.15, -0.1) is 25.2 Å². The Balaban J connectivity index is 1.50. The van der Waals surface area contributed by atoms with Crippen LogP contribution in [0.5, 0.6) is 0 Å². The Hall–Kier alpha value is -6.03. The minimum atomic E-state index is -4.42. The van der Waals surface area contributed by atoms with Crippen molar-refractivity contribution in [3.05, 3.63) is 83.3 Å². The molecule has 236 valence electrons. The van der Waals surface area contributed by atoms with Gasteiger partial charge in [-0.2, -0.15) is 5.21 Å². The topological polar surface area (TPSA) is 280 Å². The fourth-order valence-corrected chi connectivity index (χ4v) is 6.65. The van der Waals surface area contributed by atoms with Crippen molar-refractivity contribution >= 4 is 31.1 Å². The van der Waals surface area contributed by atoms with Crippen LogP contribution >= 0.6 is 0 Å². The smallest absolute Gasteiger partial charge is 0.306 e. The van der Waals surface area contributed by atoms with Crippen LogP contribution in [0, 0.1) is 5.82 Å². The van der Waals surface area contributed by atoms with Crippen molar-refractivity contribution in [3.63, 3.8) is 0 Å². The number of sulfonamides is 2. The van der Waals surface area contributed by atoms with Gasteiger partial charge in [-0.25, -0.2) is 36.3 Å². The number of primary sulfonamides is 2. The molecule has 0 unspecified atom stereocenters. The number of aromatic nitrogens is 11. The molecule has 0 saturated heterocycles. The molecule has 0 aliphatic carbocycles. The van der Waals surface area contributed by atoms with Crippen molar-refractivity contribution in [1.82, 2.24) is 55.8 Å². The summed E-state index contributed by atoms with van der Waals surface area (Å²) >= 11 is 0. The number of halogens is 1. The number of rotatable bonds is 7. The molecule has 0 atom stereocenters. The summed E-state index contributed by atoms with van der Waals surface area (Å²) < 4.78 is 65.4. The fraction of sp³-hybridized carbons (Fsp3) is 0. The number of nitrogens with zero attached hydrogens (tertiary/aromatic N) is 8. The maximum atomic E-state index is 14.5. The molecule has 0 radical (unpaired) electrons. The minimum Gasteiger partial charge on any atom is -0.306 e. The summed E-state index contributed by atoms with van der Waals surface area (Å²) in [5.41, 5.74) is 1.22.